The number of hydrogen-bond donors (Lipinski definition) is 0. The minimum Gasteiger partial charge on any atom is -0.496 e. The zero-order valence-corrected chi connectivity index (χ0v) is 10.2. The molecule has 0 fully saturated rings. The molecule has 0 aliphatic heterocycles. The summed E-state index contributed by atoms with van der Waals surface area (Å²) in [6.07, 6.45) is 0. The average Bonchev–Trinajstić information content (AvgIpc) is 2.47. The Morgan fingerprint density at radius 3 is 2.28 bits per heavy atom. The van der Waals surface area contributed by atoms with E-state index >= 15 is 0 Å². The zero-order valence-electron chi connectivity index (χ0n) is 10.2. The lowest BCUT2D eigenvalue weighted by atomic mass is 9.98. The second kappa shape index (κ2) is 4.53. The van der Waals surface area contributed by atoms with E-state index in [9.17, 15) is 0 Å². The molecule has 3 rings (SSSR count). The van der Waals surface area contributed by atoms with Gasteiger partial charge in [0.15, 0.2) is 0 Å². The number of ether oxygens (including phenoxy) is 1. The van der Waals surface area contributed by atoms with Crippen LogP contribution in [-0.2, 0) is 0 Å². The normalized spacial score (nSPS) is 10.5. The number of hydrogen-bond acceptors (Lipinski definition) is 1. The molecule has 1 radical (unpaired) electrons. The Labute approximate surface area is 107 Å². The number of fused-ring (bicyclic) bond motifs is 1. The number of rotatable bonds is 2. The van der Waals surface area contributed by atoms with Crippen LogP contribution in [0, 0.1) is 6.07 Å². The van der Waals surface area contributed by atoms with Gasteiger partial charge in [0, 0.05) is 5.39 Å². The molecular weight excluding hydrogens is 220 g/mol. The highest BCUT2D eigenvalue weighted by Crippen LogP contribution is 2.33. The summed E-state index contributed by atoms with van der Waals surface area (Å²) in [5, 5.41) is 2.35. The predicted octanol–water partition coefficient (Wildman–Crippen LogP) is 4.32. The molecule has 0 atom stereocenters. The third-order valence-electron chi connectivity index (χ3n) is 3.13. The molecule has 87 valence electrons. The van der Waals surface area contributed by atoms with Gasteiger partial charge in [0.2, 0.25) is 0 Å². The van der Waals surface area contributed by atoms with Crippen molar-refractivity contribution in [2.24, 2.45) is 0 Å². The summed E-state index contributed by atoms with van der Waals surface area (Å²) in [6.45, 7) is 0. The number of methoxy groups -OCH3 is 1. The van der Waals surface area contributed by atoms with Crippen molar-refractivity contribution in [2.75, 3.05) is 7.11 Å². The summed E-state index contributed by atoms with van der Waals surface area (Å²) < 4.78 is 5.41. The van der Waals surface area contributed by atoms with Gasteiger partial charge in [0.25, 0.3) is 0 Å². The van der Waals surface area contributed by atoms with Gasteiger partial charge in [-0.2, -0.15) is 0 Å². The van der Waals surface area contributed by atoms with Crippen molar-refractivity contribution in [3.05, 3.63) is 66.7 Å². The summed E-state index contributed by atoms with van der Waals surface area (Å²) in [5.41, 5.74) is 2.42. The average molecular weight is 233 g/mol. The van der Waals surface area contributed by atoms with Gasteiger partial charge in [-0.25, -0.2) is 0 Å². The van der Waals surface area contributed by atoms with Crippen molar-refractivity contribution in [1.82, 2.24) is 0 Å². The van der Waals surface area contributed by atoms with Crippen LogP contribution in [0.15, 0.2) is 60.7 Å². The third kappa shape index (κ3) is 1.74. The Bertz CT molecular complexity index is 672. The summed E-state index contributed by atoms with van der Waals surface area (Å²) in [6, 6.07) is 23.5. The maximum Gasteiger partial charge on any atom is 0.126 e. The summed E-state index contributed by atoms with van der Waals surface area (Å²) in [4.78, 5) is 0. The lowest BCUT2D eigenvalue weighted by Gasteiger charge is -2.10. The van der Waals surface area contributed by atoms with E-state index in [1.165, 1.54) is 16.5 Å². The first kappa shape index (κ1) is 10.8. The van der Waals surface area contributed by atoms with Gasteiger partial charge in [0.1, 0.15) is 5.75 Å². The van der Waals surface area contributed by atoms with E-state index < -0.39 is 0 Å². The molecule has 0 saturated heterocycles. The first-order valence-electron chi connectivity index (χ1n) is 5.92. The van der Waals surface area contributed by atoms with E-state index in [4.69, 9.17) is 4.74 Å². The molecule has 1 heteroatoms. The lowest BCUT2D eigenvalue weighted by molar-refractivity contribution is 0.420. The molecular formula is C17H13O. The second-order valence-electron chi connectivity index (χ2n) is 4.15. The zero-order chi connectivity index (χ0) is 12.4. The SMILES string of the molecule is COc1ccc(-c2cc[c]cc2)c2ccccc12. The molecule has 0 unspecified atom stereocenters. The van der Waals surface area contributed by atoms with E-state index in [0.29, 0.717) is 0 Å². The van der Waals surface area contributed by atoms with E-state index in [0.717, 1.165) is 11.1 Å². The fourth-order valence-electron chi connectivity index (χ4n) is 2.27. The third-order valence-corrected chi connectivity index (χ3v) is 3.13. The Hall–Kier alpha value is -2.28. The Morgan fingerprint density at radius 2 is 1.56 bits per heavy atom. The van der Waals surface area contributed by atoms with Gasteiger partial charge in [-0.15, -0.1) is 0 Å². The molecule has 0 heterocycles. The van der Waals surface area contributed by atoms with Crippen LogP contribution in [-0.4, -0.2) is 7.11 Å². The molecule has 0 aliphatic carbocycles. The molecule has 0 aromatic heterocycles. The van der Waals surface area contributed by atoms with Crippen molar-refractivity contribution in [3.63, 3.8) is 0 Å². The predicted molar refractivity (Wildman–Crippen MR) is 74.8 cm³/mol. The van der Waals surface area contributed by atoms with Crippen molar-refractivity contribution >= 4 is 10.8 Å². The summed E-state index contributed by atoms with van der Waals surface area (Å²) >= 11 is 0. The van der Waals surface area contributed by atoms with Crippen LogP contribution in [0.1, 0.15) is 0 Å². The number of benzene rings is 3. The molecule has 0 N–H and O–H groups in total. The van der Waals surface area contributed by atoms with E-state index in [-0.39, 0.29) is 0 Å². The second-order valence-corrected chi connectivity index (χ2v) is 4.15. The summed E-state index contributed by atoms with van der Waals surface area (Å²) in [5.74, 6) is 0.914. The fraction of sp³-hybridized carbons (Fsp3) is 0.0588. The smallest absolute Gasteiger partial charge is 0.126 e. The van der Waals surface area contributed by atoms with Crippen LogP contribution in [0.3, 0.4) is 0 Å². The van der Waals surface area contributed by atoms with E-state index in [2.05, 4.69) is 42.5 Å². The highest BCUT2D eigenvalue weighted by atomic mass is 16.5. The Kier molecular flexibility index (Phi) is 2.73. The van der Waals surface area contributed by atoms with Crippen LogP contribution in [0.25, 0.3) is 21.9 Å². The molecule has 1 nitrogen and oxygen atoms in total. The van der Waals surface area contributed by atoms with Crippen molar-refractivity contribution in [3.8, 4) is 16.9 Å². The standard InChI is InChI=1S/C17H13O/c1-18-17-12-11-14(13-7-3-2-4-8-13)15-9-5-6-10-16(15)17/h3-12H,1H3. The maximum absolute atomic E-state index is 5.41. The monoisotopic (exact) mass is 233 g/mol. The van der Waals surface area contributed by atoms with Crippen molar-refractivity contribution < 1.29 is 4.74 Å². The molecule has 0 amide bonds. The molecule has 18 heavy (non-hydrogen) atoms. The molecule has 0 aliphatic rings. The lowest BCUT2D eigenvalue weighted by Crippen LogP contribution is -1.87. The molecule has 0 saturated carbocycles. The molecule has 0 spiro atoms. The highest BCUT2D eigenvalue weighted by molar-refractivity contribution is 6.00. The van der Waals surface area contributed by atoms with Gasteiger partial charge in [0.05, 0.1) is 7.11 Å². The minimum absolute atomic E-state index is 0.914. The maximum atomic E-state index is 5.41. The van der Waals surface area contributed by atoms with Gasteiger partial charge in [-0.3, -0.25) is 0 Å². The molecule has 0 bridgehead atoms. The Balaban J connectivity index is 2.32. The fourth-order valence-corrected chi connectivity index (χ4v) is 2.27. The first-order chi connectivity index (χ1) is 8.90. The van der Waals surface area contributed by atoms with Crippen molar-refractivity contribution in [2.45, 2.75) is 0 Å². The summed E-state index contributed by atoms with van der Waals surface area (Å²) in [7, 11) is 1.71. The van der Waals surface area contributed by atoms with Crippen LogP contribution < -0.4 is 4.74 Å². The first-order valence-corrected chi connectivity index (χ1v) is 5.92. The van der Waals surface area contributed by atoms with Crippen LogP contribution in [0.2, 0.25) is 0 Å². The van der Waals surface area contributed by atoms with Gasteiger partial charge >= 0.3 is 0 Å². The van der Waals surface area contributed by atoms with Gasteiger partial charge in [-0.1, -0.05) is 54.6 Å². The van der Waals surface area contributed by atoms with Crippen LogP contribution in [0.4, 0.5) is 0 Å². The Morgan fingerprint density at radius 1 is 0.833 bits per heavy atom. The van der Waals surface area contributed by atoms with Gasteiger partial charge in [-0.05, 0) is 28.6 Å². The van der Waals surface area contributed by atoms with E-state index in [1.807, 2.05) is 24.3 Å². The molecule has 3 aromatic carbocycles. The highest BCUT2D eigenvalue weighted by Gasteiger charge is 2.06. The van der Waals surface area contributed by atoms with Crippen LogP contribution in [0.5, 0.6) is 5.75 Å². The molecule has 3 aromatic rings. The van der Waals surface area contributed by atoms with Crippen LogP contribution >= 0.6 is 0 Å². The quantitative estimate of drug-likeness (QED) is 0.640. The minimum atomic E-state index is 0.914. The van der Waals surface area contributed by atoms with Gasteiger partial charge < -0.3 is 4.74 Å². The van der Waals surface area contributed by atoms with Crippen molar-refractivity contribution in [1.29, 1.82) is 0 Å². The largest absolute Gasteiger partial charge is 0.496 e. The topological polar surface area (TPSA) is 9.23 Å². The van der Waals surface area contributed by atoms with E-state index in [1.54, 1.807) is 7.11 Å².